The van der Waals surface area contributed by atoms with Crippen LogP contribution in [0.25, 0.3) is 0 Å². The third-order valence-electron chi connectivity index (χ3n) is 2.45. The Morgan fingerprint density at radius 2 is 2.05 bits per heavy atom. The van der Waals surface area contributed by atoms with Crippen LogP contribution in [0.2, 0.25) is 0 Å². The van der Waals surface area contributed by atoms with Gasteiger partial charge in [0.05, 0.1) is 0 Å². The molecule has 8 heteroatoms. The number of carboxylic acid groups (broad SMARTS) is 1. The van der Waals surface area contributed by atoms with Gasteiger partial charge >= 0.3 is 12.3 Å². The molecule has 0 bridgehead atoms. The Bertz CT molecular complexity index is 476. The van der Waals surface area contributed by atoms with E-state index in [0.29, 0.717) is 23.7 Å². The lowest BCUT2D eigenvalue weighted by atomic mass is 10.0. The van der Waals surface area contributed by atoms with Gasteiger partial charge in [-0.3, -0.25) is 0 Å². The number of hydrogen-bond donors (Lipinski definition) is 2. The van der Waals surface area contributed by atoms with E-state index in [2.05, 4.69) is 20.7 Å². The number of alkyl halides is 4. The molecule has 0 aromatic heterocycles. The first kappa shape index (κ1) is 16.8. The van der Waals surface area contributed by atoms with Crippen molar-refractivity contribution in [3.8, 4) is 5.75 Å². The summed E-state index contributed by atoms with van der Waals surface area (Å²) in [5.74, 6) is -2.03. The summed E-state index contributed by atoms with van der Waals surface area (Å²) in [6, 6.07) is 3.49. The van der Waals surface area contributed by atoms with Crippen LogP contribution in [-0.2, 0) is 11.2 Å². The molecule has 0 spiro atoms. The Balaban J connectivity index is 3.10. The van der Waals surface area contributed by atoms with Gasteiger partial charge in [-0.1, -0.05) is 28.1 Å². The fraction of sp³-hybridized carbons (Fsp3) is 0.417. The molecular weight excluding hydrogens is 345 g/mol. The van der Waals surface area contributed by atoms with E-state index in [1.165, 1.54) is 12.1 Å². The molecular formula is C12H12BrF3O4. The van der Waals surface area contributed by atoms with Crippen LogP contribution >= 0.6 is 15.9 Å². The highest BCUT2D eigenvalue weighted by molar-refractivity contribution is 9.09. The number of aryl methyl sites for hydroxylation is 1. The summed E-state index contributed by atoms with van der Waals surface area (Å²) < 4.78 is 40.9. The fourth-order valence-corrected chi connectivity index (χ4v) is 1.85. The van der Waals surface area contributed by atoms with Crippen molar-refractivity contribution in [1.29, 1.82) is 0 Å². The first-order valence-corrected chi connectivity index (χ1v) is 6.72. The van der Waals surface area contributed by atoms with Crippen molar-refractivity contribution in [2.45, 2.75) is 25.3 Å². The van der Waals surface area contributed by atoms with E-state index in [0.717, 1.165) is 6.07 Å². The Morgan fingerprint density at radius 3 is 2.55 bits per heavy atom. The second-order valence-electron chi connectivity index (χ2n) is 3.95. The number of aliphatic hydroxyl groups is 1. The molecule has 0 amide bonds. The summed E-state index contributed by atoms with van der Waals surface area (Å²) in [5.41, 5.74) is 0.127. The van der Waals surface area contributed by atoms with Gasteiger partial charge in [0.25, 0.3) is 0 Å². The summed E-state index contributed by atoms with van der Waals surface area (Å²) in [5, 5.41) is 18.6. The molecule has 20 heavy (non-hydrogen) atoms. The molecule has 4 nitrogen and oxygen atoms in total. The number of hydrogen-bond acceptors (Lipinski definition) is 3. The maximum Gasteiger partial charge on any atom is 0.573 e. The third kappa shape index (κ3) is 5.01. The lowest BCUT2D eigenvalue weighted by Gasteiger charge is -2.15. The molecule has 0 aliphatic carbocycles. The number of carbonyl (C=O) groups is 1. The molecule has 1 aromatic rings. The molecule has 1 unspecified atom stereocenters. The quantitative estimate of drug-likeness (QED) is 0.769. The molecule has 0 radical (unpaired) electrons. The van der Waals surface area contributed by atoms with Crippen molar-refractivity contribution in [3.05, 3.63) is 29.3 Å². The summed E-state index contributed by atoms with van der Waals surface area (Å²) >= 11 is 3.17. The topological polar surface area (TPSA) is 66.8 Å². The highest BCUT2D eigenvalue weighted by Gasteiger charge is 2.32. The second-order valence-corrected chi connectivity index (χ2v) is 4.74. The zero-order valence-corrected chi connectivity index (χ0v) is 11.7. The lowest BCUT2D eigenvalue weighted by molar-refractivity contribution is -0.274. The number of rotatable bonds is 6. The highest BCUT2D eigenvalue weighted by Crippen LogP contribution is 2.30. The van der Waals surface area contributed by atoms with E-state index >= 15 is 0 Å². The molecule has 2 N–H and O–H groups in total. The monoisotopic (exact) mass is 356 g/mol. The summed E-state index contributed by atoms with van der Waals surface area (Å²) in [6.45, 7) is 0. The van der Waals surface area contributed by atoms with Crippen molar-refractivity contribution in [1.82, 2.24) is 0 Å². The van der Waals surface area contributed by atoms with Crippen LogP contribution in [-0.4, -0.2) is 27.9 Å². The molecule has 0 saturated heterocycles. The van der Waals surface area contributed by atoms with Gasteiger partial charge in [0.1, 0.15) is 5.75 Å². The predicted molar refractivity (Wildman–Crippen MR) is 67.8 cm³/mol. The van der Waals surface area contributed by atoms with Crippen LogP contribution in [0.4, 0.5) is 13.2 Å². The average molecular weight is 357 g/mol. The van der Waals surface area contributed by atoms with Crippen LogP contribution in [0, 0.1) is 0 Å². The Morgan fingerprint density at radius 1 is 1.40 bits per heavy atom. The van der Waals surface area contributed by atoms with Crippen LogP contribution < -0.4 is 4.74 Å². The van der Waals surface area contributed by atoms with E-state index in [1.807, 2.05) is 0 Å². The number of ether oxygens (including phenoxy) is 1. The van der Waals surface area contributed by atoms with Crippen molar-refractivity contribution in [2.24, 2.45) is 0 Å². The zero-order chi connectivity index (χ0) is 15.3. The van der Waals surface area contributed by atoms with Gasteiger partial charge in [-0.2, -0.15) is 0 Å². The van der Waals surface area contributed by atoms with Crippen LogP contribution in [0.5, 0.6) is 5.75 Å². The van der Waals surface area contributed by atoms with Gasteiger partial charge in [-0.25, -0.2) is 4.79 Å². The van der Waals surface area contributed by atoms with E-state index in [4.69, 9.17) is 5.11 Å². The van der Waals surface area contributed by atoms with Crippen molar-refractivity contribution in [2.75, 3.05) is 5.33 Å². The Hall–Kier alpha value is -1.28. The van der Waals surface area contributed by atoms with E-state index in [1.54, 1.807) is 0 Å². The zero-order valence-electron chi connectivity index (χ0n) is 10.2. The van der Waals surface area contributed by atoms with Crippen LogP contribution in [0.3, 0.4) is 0 Å². The van der Waals surface area contributed by atoms with Gasteiger partial charge in [0, 0.05) is 5.33 Å². The molecule has 0 saturated carbocycles. The minimum Gasteiger partial charge on any atom is -0.479 e. The molecule has 112 valence electrons. The summed E-state index contributed by atoms with van der Waals surface area (Å²) in [7, 11) is 0. The second kappa shape index (κ2) is 6.94. The number of benzene rings is 1. The highest BCUT2D eigenvalue weighted by atomic mass is 79.9. The van der Waals surface area contributed by atoms with Crippen molar-refractivity contribution >= 4 is 21.9 Å². The maximum atomic E-state index is 12.3. The van der Waals surface area contributed by atoms with E-state index in [-0.39, 0.29) is 5.56 Å². The van der Waals surface area contributed by atoms with Gasteiger partial charge < -0.3 is 14.9 Å². The van der Waals surface area contributed by atoms with Crippen LogP contribution in [0.15, 0.2) is 18.2 Å². The normalized spacial score (nSPS) is 13.1. The Kier molecular flexibility index (Phi) is 5.82. The SMILES string of the molecule is O=C(O)C(O)c1ccc(CCCBr)c(OC(F)(F)F)c1. The lowest BCUT2D eigenvalue weighted by Crippen LogP contribution is -2.19. The number of aliphatic carboxylic acids is 1. The molecule has 0 heterocycles. The number of aliphatic hydroxyl groups excluding tert-OH is 1. The fourth-order valence-electron chi connectivity index (χ4n) is 1.57. The smallest absolute Gasteiger partial charge is 0.479 e. The first-order chi connectivity index (χ1) is 9.24. The molecule has 1 aromatic carbocycles. The molecule has 0 aliphatic heterocycles. The third-order valence-corrected chi connectivity index (χ3v) is 3.01. The largest absolute Gasteiger partial charge is 0.573 e. The van der Waals surface area contributed by atoms with Gasteiger partial charge in [-0.05, 0) is 30.0 Å². The minimum absolute atomic E-state index is 0.167. The number of halogens is 4. The van der Waals surface area contributed by atoms with E-state index < -0.39 is 24.2 Å². The molecule has 1 rings (SSSR count). The molecule has 1 atom stereocenters. The Labute approximate surface area is 121 Å². The molecule has 0 aliphatic rings. The standard InChI is InChI=1S/C12H12BrF3O4/c13-5-1-2-7-3-4-8(10(17)11(18)19)6-9(7)20-12(14,15)16/h3-4,6,10,17H,1-2,5H2,(H,18,19). The summed E-state index contributed by atoms with van der Waals surface area (Å²) in [4.78, 5) is 10.6. The summed E-state index contributed by atoms with van der Waals surface area (Å²) in [6.07, 6.45) is -5.85. The minimum atomic E-state index is -4.88. The van der Waals surface area contributed by atoms with Crippen LogP contribution in [0.1, 0.15) is 23.7 Å². The predicted octanol–water partition coefficient (Wildman–Crippen LogP) is 3.03. The molecule has 0 fully saturated rings. The average Bonchev–Trinajstić information content (AvgIpc) is 2.34. The first-order valence-electron chi connectivity index (χ1n) is 5.60. The van der Waals surface area contributed by atoms with Gasteiger partial charge in [0.2, 0.25) is 0 Å². The van der Waals surface area contributed by atoms with E-state index in [9.17, 15) is 23.1 Å². The van der Waals surface area contributed by atoms with Crippen molar-refractivity contribution in [3.63, 3.8) is 0 Å². The van der Waals surface area contributed by atoms with Crippen molar-refractivity contribution < 1.29 is 32.9 Å². The number of carboxylic acids is 1. The van der Waals surface area contributed by atoms with Gasteiger partial charge in [-0.15, -0.1) is 13.2 Å². The maximum absolute atomic E-state index is 12.3. The van der Waals surface area contributed by atoms with Gasteiger partial charge in [0.15, 0.2) is 6.10 Å².